The van der Waals surface area contributed by atoms with Crippen LogP contribution in [-0.4, -0.2) is 5.25 Å². The van der Waals surface area contributed by atoms with Crippen LogP contribution in [0.4, 0.5) is 0 Å². The van der Waals surface area contributed by atoms with Crippen molar-refractivity contribution in [3.05, 3.63) is 77.9 Å². The molecule has 0 amide bonds. The molecule has 1 aliphatic carbocycles. The summed E-state index contributed by atoms with van der Waals surface area (Å²) in [5.41, 5.74) is 2.78. The van der Waals surface area contributed by atoms with Crippen molar-refractivity contribution < 1.29 is 0 Å². The normalized spacial score (nSPS) is 17.1. The lowest BCUT2D eigenvalue weighted by Gasteiger charge is -2.09. The van der Waals surface area contributed by atoms with Crippen LogP contribution >= 0.6 is 11.8 Å². The summed E-state index contributed by atoms with van der Waals surface area (Å²) in [5.74, 6) is 0. The highest BCUT2D eigenvalue weighted by Gasteiger charge is 2.17. The fourth-order valence-corrected chi connectivity index (χ4v) is 4.45. The van der Waals surface area contributed by atoms with Crippen molar-refractivity contribution in [1.29, 1.82) is 0 Å². The molecule has 3 rings (SSSR count). The minimum atomic E-state index is 0.626. The van der Waals surface area contributed by atoms with E-state index in [1.54, 1.807) is 0 Å². The maximum Gasteiger partial charge on any atom is 0.153 e. The molecule has 1 unspecified atom stereocenters. The first-order chi connectivity index (χ1) is 11.2. The van der Waals surface area contributed by atoms with E-state index in [0.717, 1.165) is 6.42 Å². The van der Waals surface area contributed by atoms with Gasteiger partial charge in [-0.2, -0.15) is 0 Å². The molecule has 0 heterocycles. The van der Waals surface area contributed by atoms with Gasteiger partial charge in [-0.25, -0.2) is 0 Å². The van der Waals surface area contributed by atoms with Gasteiger partial charge in [0.15, 0.2) is 4.90 Å². The van der Waals surface area contributed by atoms with E-state index >= 15 is 0 Å². The summed E-state index contributed by atoms with van der Waals surface area (Å²) >= 11 is 3.24. The number of allylic oxidation sites excluding steroid dienone is 3. The third-order valence-electron chi connectivity index (χ3n) is 3.97. The van der Waals surface area contributed by atoms with Gasteiger partial charge in [-0.1, -0.05) is 54.1 Å². The molecular weight excluding hydrogens is 316 g/mol. The summed E-state index contributed by atoms with van der Waals surface area (Å²) < 4.78 is 0. The van der Waals surface area contributed by atoms with Crippen molar-refractivity contribution in [1.82, 2.24) is 0 Å². The Morgan fingerprint density at radius 1 is 1.00 bits per heavy atom. The molecule has 2 aromatic carbocycles. The second-order valence-corrected chi connectivity index (χ2v) is 8.42. The van der Waals surface area contributed by atoms with Crippen LogP contribution in [-0.2, 0) is 11.8 Å². The van der Waals surface area contributed by atoms with Crippen LogP contribution in [0, 0.1) is 6.92 Å². The summed E-state index contributed by atoms with van der Waals surface area (Å²) in [4.78, 5) is 4.01. The molecule has 0 aromatic heterocycles. The van der Waals surface area contributed by atoms with Gasteiger partial charge >= 0.3 is 0 Å². The van der Waals surface area contributed by atoms with Crippen LogP contribution in [0.1, 0.15) is 25.3 Å². The van der Waals surface area contributed by atoms with Crippen molar-refractivity contribution in [2.24, 2.45) is 0 Å². The predicted octanol–water partition coefficient (Wildman–Crippen LogP) is 5.98. The highest BCUT2D eigenvalue weighted by atomic mass is 32.2. The lowest BCUT2D eigenvalue weighted by molar-refractivity contribution is 0.995. The standard InChI is InChI=1S/C21H22S2/c1-3-17-6-10-19(11-7-17)23-21-14-12-20(13-15-21)22-18-8-4-16(2)5-9-18/h4-10,12-15,19H,3,11H2,1-2H3/p+1. The van der Waals surface area contributed by atoms with Crippen LogP contribution in [0.3, 0.4) is 0 Å². The van der Waals surface area contributed by atoms with Gasteiger partial charge in [0.2, 0.25) is 0 Å². The molecule has 0 radical (unpaired) electrons. The van der Waals surface area contributed by atoms with Crippen molar-refractivity contribution in [2.45, 2.75) is 46.6 Å². The first kappa shape index (κ1) is 16.5. The highest BCUT2D eigenvalue weighted by molar-refractivity contribution is 7.99. The maximum atomic E-state index is 2.39. The number of hydrogen-bond acceptors (Lipinski definition) is 1. The van der Waals surface area contributed by atoms with E-state index in [4.69, 9.17) is 0 Å². The fraction of sp³-hybridized carbons (Fsp3) is 0.238. The summed E-state index contributed by atoms with van der Waals surface area (Å²) in [6.07, 6.45) is 9.36. The molecule has 0 saturated heterocycles. The van der Waals surface area contributed by atoms with Crippen LogP contribution in [0.25, 0.3) is 0 Å². The molecule has 0 aliphatic heterocycles. The number of benzene rings is 2. The Hall–Kier alpha value is -1.38. The monoisotopic (exact) mass is 339 g/mol. The zero-order valence-corrected chi connectivity index (χ0v) is 15.4. The van der Waals surface area contributed by atoms with Gasteiger partial charge in [0, 0.05) is 28.0 Å². The van der Waals surface area contributed by atoms with Gasteiger partial charge in [0.1, 0.15) is 5.25 Å². The Morgan fingerprint density at radius 2 is 1.65 bits per heavy atom. The van der Waals surface area contributed by atoms with E-state index in [0.29, 0.717) is 5.25 Å². The van der Waals surface area contributed by atoms with Crippen molar-refractivity contribution in [3.63, 3.8) is 0 Å². The van der Waals surface area contributed by atoms with E-state index in [-0.39, 0.29) is 0 Å². The van der Waals surface area contributed by atoms with E-state index in [2.05, 4.69) is 80.6 Å². The predicted molar refractivity (Wildman–Crippen MR) is 105 cm³/mol. The van der Waals surface area contributed by atoms with E-state index in [1.807, 2.05) is 11.8 Å². The number of rotatable bonds is 5. The molecule has 0 fully saturated rings. The molecule has 23 heavy (non-hydrogen) atoms. The first-order valence-corrected chi connectivity index (χ1v) is 9.93. The van der Waals surface area contributed by atoms with Gasteiger partial charge in [-0.05, 0) is 55.8 Å². The molecule has 0 bridgehead atoms. The van der Waals surface area contributed by atoms with E-state index in [1.165, 1.54) is 44.0 Å². The second kappa shape index (κ2) is 7.94. The summed E-state index contributed by atoms with van der Waals surface area (Å²) in [6.45, 7) is 4.35. The molecule has 0 spiro atoms. The highest BCUT2D eigenvalue weighted by Crippen LogP contribution is 2.28. The lowest BCUT2D eigenvalue weighted by Crippen LogP contribution is -2.08. The number of aryl methyl sites for hydroxylation is 1. The van der Waals surface area contributed by atoms with Crippen molar-refractivity contribution in [2.75, 3.05) is 0 Å². The molecule has 0 N–H and O–H groups in total. The first-order valence-electron chi connectivity index (χ1n) is 8.15. The van der Waals surface area contributed by atoms with E-state index in [9.17, 15) is 0 Å². The topological polar surface area (TPSA) is 0 Å². The fourth-order valence-electron chi connectivity index (χ4n) is 2.55. The number of hydrogen-bond donors (Lipinski definition) is 0. The van der Waals surface area contributed by atoms with Gasteiger partial charge in [-0.3, -0.25) is 0 Å². The molecule has 2 aromatic rings. The SMILES string of the molecule is CCC1=CCC([SH+]c2ccc(Sc3ccc(C)cc3)cc2)C=C1. The smallest absolute Gasteiger partial charge is 0.0901 e. The molecule has 0 nitrogen and oxygen atoms in total. The Morgan fingerprint density at radius 3 is 2.22 bits per heavy atom. The second-order valence-electron chi connectivity index (χ2n) is 5.83. The average Bonchev–Trinajstić information content (AvgIpc) is 2.59. The summed E-state index contributed by atoms with van der Waals surface area (Å²) in [5, 5.41) is 0.626. The Bertz CT molecular complexity index is 694. The van der Waals surface area contributed by atoms with Gasteiger partial charge in [0.25, 0.3) is 0 Å². The summed E-state index contributed by atoms with van der Waals surface area (Å²) in [7, 11) is 0. The Labute approximate surface area is 148 Å². The van der Waals surface area contributed by atoms with Gasteiger partial charge in [-0.15, -0.1) is 0 Å². The average molecular weight is 340 g/mol. The molecule has 1 atom stereocenters. The largest absolute Gasteiger partial charge is 0.153 e. The quantitative estimate of drug-likeness (QED) is 0.476. The molecule has 1 aliphatic rings. The maximum absolute atomic E-state index is 2.39. The number of thiol groups is 1. The van der Waals surface area contributed by atoms with Gasteiger partial charge in [0.05, 0.1) is 0 Å². The minimum absolute atomic E-state index is 0.626. The lowest BCUT2D eigenvalue weighted by atomic mass is 10.1. The zero-order chi connectivity index (χ0) is 16.1. The minimum Gasteiger partial charge on any atom is -0.0901 e. The molecule has 0 saturated carbocycles. The van der Waals surface area contributed by atoms with Crippen LogP contribution < -0.4 is 0 Å². The van der Waals surface area contributed by atoms with Crippen LogP contribution in [0.15, 0.2) is 87.0 Å². The third-order valence-corrected chi connectivity index (χ3v) is 6.30. The molecule has 118 valence electrons. The van der Waals surface area contributed by atoms with Crippen molar-refractivity contribution >= 4 is 23.5 Å². The Kier molecular flexibility index (Phi) is 5.69. The van der Waals surface area contributed by atoms with Crippen molar-refractivity contribution in [3.8, 4) is 0 Å². The van der Waals surface area contributed by atoms with Gasteiger partial charge < -0.3 is 0 Å². The van der Waals surface area contributed by atoms with E-state index < -0.39 is 0 Å². The molecule has 2 heteroatoms. The third kappa shape index (κ3) is 4.79. The zero-order valence-electron chi connectivity index (χ0n) is 13.7. The molecular formula is C21H23S2+. The van der Waals surface area contributed by atoms with Crippen LogP contribution in [0.5, 0.6) is 0 Å². The van der Waals surface area contributed by atoms with Crippen LogP contribution in [0.2, 0.25) is 0 Å². The Balaban J connectivity index is 1.58. The summed E-state index contributed by atoms with van der Waals surface area (Å²) in [6, 6.07) is 17.7.